The summed E-state index contributed by atoms with van der Waals surface area (Å²) in [5.74, 6) is 0.868. The Morgan fingerprint density at radius 3 is 2.81 bits per heavy atom. The first-order chi connectivity index (χ1) is 12.4. The molecule has 0 amide bonds. The third-order valence-electron chi connectivity index (χ3n) is 5.43. The first kappa shape index (κ1) is 17.9. The Labute approximate surface area is 154 Å². The Bertz CT molecular complexity index is 901. The number of imidazole rings is 1. The Kier molecular flexibility index (Phi) is 4.77. The second-order valence-electron chi connectivity index (χ2n) is 7.48. The molecule has 4 rings (SSSR count). The lowest BCUT2D eigenvalue weighted by Gasteiger charge is -2.32. The number of sulfone groups is 1. The smallest absolute Gasteiger partial charge is 0.175 e. The monoisotopic (exact) mass is 378 g/mol. The van der Waals surface area contributed by atoms with Crippen molar-refractivity contribution in [2.75, 3.05) is 39.5 Å². The summed E-state index contributed by atoms with van der Waals surface area (Å²) in [5.41, 5.74) is 1.70. The molecule has 0 bridgehead atoms. The Morgan fingerprint density at radius 2 is 2.08 bits per heavy atom. The van der Waals surface area contributed by atoms with E-state index in [0.717, 1.165) is 36.5 Å². The van der Waals surface area contributed by atoms with Crippen molar-refractivity contribution < 1.29 is 13.2 Å². The van der Waals surface area contributed by atoms with Gasteiger partial charge in [0.05, 0.1) is 28.6 Å². The van der Waals surface area contributed by atoms with Crippen molar-refractivity contribution in [3.8, 4) is 0 Å². The highest BCUT2D eigenvalue weighted by molar-refractivity contribution is 7.90. The van der Waals surface area contributed by atoms with E-state index >= 15 is 0 Å². The number of fused-ring (bicyclic) bond motifs is 3. The van der Waals surface area contributed by atoms with Gasteiger partial charge in [-0.15, -0.1) is 0 Å². The van der Waals surface area contributed by atoms with Crippen LogP contribution in [0.2, 0.25) is 0 Å². The number of likely N-dealkylation sites (tertiary alicyclic amines) is 1. The number of nitrogens with zero attached hydrogens (tertiary/aromatic N) is 3. The predicted octanol–water partition coefficient (Wildman–Crippen LogP) is 1.19. The van der Waals surface area contributed by atoms with Gasteiger partial charge in [0.15, 0.2) is 9.84 Å². The van der Waals surface area contributed by atoms with Gasteiger partial charge in [0.1, 0.15) is 12.4 Å². The molecule has 0 unspecified atom stereocenters. The molecule has 2 aliphatic rings. The zero-order valence-corrected chi connectivity index (χ0v) is 16.1. The molecule has 2 aliphatic heterocycles. The Hall–Kier alpha value is -1.48. The first-order valence-corrected chi connectivity index (χ1v) is 11.0. The number of aromatic nitrogens is 2. The van der Waals surface area contributed by atoms with Crippen molar-refractivity contribution >= 4 is 20.9 Å². The van der Waals surface area contributed by atoms with Gasteiger partial charge in [0, 0.05) is 18.8 Å². The number of hydrogen-bond donors (Lipinski definition) is 1. The minimum Gasteiger partial charge on any atom is -0.371 e. The summed E-state index contributed by atoms with van der Waals surface area (Å²) < 4.78 is 31.6. The molecule has 26 heavy (non-hydrogen) atoms. The molecule has 2 aromatic rings. The lowest BCUT2D eigenvalue weighted by molar-refractivity contribution is 0.0547. The summed E-state index contributed by atoms with van der Waals surface area (Å²) in [6.07, 6.45) is 3.56. The quantitative estimate of drug-likeness (QED) is 0.861. The fourth-order valence-electron chi connectivity index (χ4n) is 3.89. The SMILES string of the molecule is CN1CCC(NC[C@H]2COCc3nc4cc(S(C)(=O)=O)ccc4n32)CC1. The molecule has 1 N–H and O–H groups in total. The van der Waals surface area contributed by atoms with Crippen molar-refractivity contribution in [1.29, 1.82) is 0 Å². The molecule has 7 nitrogen and oxygen atoms in total. The second-order valence-corrected chi connectivity index (χ2v) is 9.49. The molecule has 0 spiro atoms. The number of ether oxygens (including phenoxy) is 1. The number of rotatable bonds is 4. The molecule has 1 aromatic heterocycles. The average molecular weight is 378 g/mol. The third kappa shape index (κ3) is 3.51. The van der Waals surface area contributed by atoms with E-state index in [4.69, 9.17) is 4.74 Å². The van der Waals surface area contributed by atoms with Gasteiger partial charge in [-0.3, -0.25) is 0 Å². The predicted molar refractivity (Wildman–Crippen MR) is 100 cm³/mol. The lowest BCUT2D eigenvalue weighted by atomic mass is 10.1. The minimum atomic E-state index is -3.24. The van der Waals surface area contributed by atoms with E-state index in [1.807, 2.05) is 6.07 Å². The molecule has 1 aromatic carbocycles. The molecule has 3 heterocycles. The van der Waals surface area contributed by atoms with Crippen molar-refractivity contribution in [1.82, 2.24) is 19.8 Å². The van der Waals surface area contributed by atoms with Crippen LogP contribution in [0.3, 0.4) is 0 Å². The van der Waals surface area contributed by atoms with Crippen LogP contribution in [0.15, 0.2) is 23.1 Å². The highest BCUT2D eigenvalue weighted by Crippen LogP contribution is 2.27. The fraction of sp³-hybridized carbons (Fsp3) is 0.611. The average Bonchev–Trinajstić information content (AvgIpc) is 2.99. The zero-order chi connectivity index (χ0) is 18.3. The van der Waals surface area contributed by atoms with E-state index in [0.29, 0.717) is 24.2 Å². The highest BCUT2D eigenvalue weighted by atomic mass is 32.2. The van der Waals surface area contributed by atoms with Gasteiger partial charge in [0.25, 0.3) is 0 Å². The standard InChI is InChI=1S/C18H26N4O3S/c1-21-7-5-13(6-8-21)19-10-14-11-25-12-18-20-16-9-15(26(2,23)24)3-4-17(16)22(14)18/h3-4,9,13-14,19H,5-8,10-12H2,1-2H3/t14-/m0/s1. The minimum absolute atomic E-state index is 0.174. The molecular weight excluding hydrogens is 352 g/mol. The van der Waals surface area contributed by atoms with E-state index in [1.54, 1.807) is 12.1 Å². The Morgan fingerprint density at radius 1 is 1.31 bits per heavy atom. The molecule has 0 radical (unpaired) electrons. The van der Waals surface area contributed by atoms with Gasteiger partial charge in [-0.05, 0) is 51.2 Å². The molecule has 142 valence electrons. The van der Waals surface area contributed by atoms with Crippen LogP contribution < -0.4 is 5.32 Å². The van der Waals surface area contributed by atoms with E-state index in [2.05, 4.69) is 26.8 Å². The molecule has 0 aliphatic carbocycles. The van der Waals surface area contributed by atoms with Gasteiger partial charge < -0.3 is 19.5 Å². The molecular formula is C18H26N4O3S. The fourth-order valence-corrected chi connectivity index (χ4v) is 4.54. The Balaban J connectivity index is 1.57. The lowest BCUT2D eigenvalue weighted by Crippen LogP contribution is -2.44. The van der Waals surface area contributed by atoms with Crippen LogP contribution in [-0.2, 0) is 21.2 Å². The van der Waals surface area contributed by atoms with Crippen LogP contribution in [0.5, 0.6) is 0 Å². The third-order valence-corrected chi connectivity index (χ3v) is 6.54. The van der Waals surface area contributed by atoms with Crippen LogP contribution in [0.1, 0.15) is 24.7 Å². The van der Waals surface area contributed by atoms with Gasteiger partial charge in [-0.25, -0.2) is 13.4 Å². The summed E-state index contributed by atoms with van der Waals surface area (Å²) in [6.45, 7) is 4.21. The molecule has 1 fully saturated rings. The largest absolute Gasteiger partial charge is 0.371 e. The van der Waals surface area contributed by atoms with Crippen LogP contribution in [0, 0.1) is 0 Å². The highest BCUT2D eigenvalue weighted by Gasteiger charge is 2.26. The normalized spacial score (nSPS) is 22.6. The zero-order valence-electron chi connectivity index (χ0n) is 15.3. The van der Waals surface area contributed by atoms with Crippen LogP contribution in [0.25, 0.3) is 11.0 Å². The summed E-state index contributed by atoms with van der Waals surface area (Å²) in [7, 11) is -1.07. The summed E-state index contributed by atoms with van der Waals surface area (Å²) in [5, 5.41) is 3.69. The van der Waals surface area contributed by atoms with Crippen molar-refractivity contribution in [3.05, 3.63) is 24.0 Å². The van der Waals surface area contributed by atoms with Crippen LogP contribution in [-0.4, -0.2) is 68.5 Å². The number of piperidine rings is 1. The van der Waals surface area contributed by atoms with Crippen molar-refractivity contribution in [2.24, 2.45) is 0 Å². The van der Waals surface area contributed by atoms with E-state index in [1.165, 1.54) is 19.1 Å². The van der Waals surface area contributed by atoms with E-state index in [-0.39, 0.29) is 6.04 Å². The summed E-state index contributed by atoms with van der Waals surface area (Å²) >= 11 is 0. The maximum atomic E-state index is 11.8. The second kappa shape index (κ2) is 6.92. The van der Waals surface area contributed by atoms with Crippen molar-refractivity contribution in [2.45, 2.75) is 36.4 Å². The van der Waals surface area contributed by atoms with E-state index < -0.39 is 9.84 Å². The number of benzene rings is 1. The summed E-state index contributed by atoms with van der Waals surface area (Å²) in [6, 6.07) is 5.92. The molecule has 8 heteroatoms. The molecule has 0 saturated carbocycles. The van der Waals surface area contributed by atoms with Crippen LogP contribution >= 0.6 is 0 Å². The maximum Gasteiger partial charge on any atom is 0.175 e. The molecule has 1 saturated heterocycles. The van der Waals surface area contributed by atoms with Gasteiger partial charge >= 0.3 is 0 Å². The number of hydrogen-bond acceptors (Lipinski definition) is 6. The molecule has 1 atom stereocenters. The first-order valence-electron chi connectivity index (χ1n) is 9.12. The van der Waals surface area contributed by atoms with E-state index in [9.17, 15) is 8.42 Å². The number of nitrogens with one attached hydrogen (secondary N) is 1. The van der Waals surface area contributed by atoms with Gasteiger partial charge in [-0.1, -0.05) is 0 Å². The summed E-state index contributed by atoms with van der Waals surface area (Å²) in [4.78, 5) is 7.29. The maximum absolute atomic E-state index is 11.8. The van der Waals surface area contributed by atoms with Crippen LogP contribution in [0.4, 0.5) is 0 Å². The van der Waals surface area contributed by atoms with Crippen molar-refractivity contribution in [3.63, 3.8) is 0 Å². The van der Waals surface area contributed by atoms with Gasteiger partial charge in [-0.2, -0.15) is 0 Å². The van der Waals surface area contributed by atoms with Gasteiger partial charge in [0.2, 0.25) is 0 Å². The topological polar surface area (TPSA) is 76.5 Å².